The SMILES string of the molecule is COC(=O)CCCCCCC=NO. The number of unbranched alkanes of at least 4 members (excludes halogenated alkanes) is 4. The largest absolute Gasteiger partial charge is 0.469 e. The van der Waals surface area contributed by atoms with Crippen LogP contribution in [0.4, 0.5) is 0 Å². The Morgan fingerprint density at radius 2 is 2.08 bits per heavy atom. The average Bonchev–Trinajstić information content (AvgIpc) is 2.16. The van der Waals surface area contributed by atoms with Crippen LogP contribution in [0.2, 0.25) is 0 Å². The molecule has 0 heterocycles. The van der Waals surface area contributed by atoms with Crippen LogP contribution < -0.4 is 0 Å². The maximum atomic E-state index is 10.7. The lowest BCUT2D eigenvalue weighted by molar-refractivity contribution is -0.140. The standard InChI is InChI=1S/C9H17NO3/c1-13-9(11)7-5-3-2-4-6-8-10-12/h8,12H,2-7H2,1H3. The Hall–Kier alpha value is -1.06. The van der Waals surface area contributed by atoms with Crippen LogP contribution in [0.25, 0.3) is 0 Å². The Labute approximate surface area is 78.6 Å². The molecule has 0 aromatic carbocycles. The maximum absolute atomic E-state index is 10.7. The fourth-order valence-electron chi connectivity index (χ4n) is 1.02. The quantitative estimate of drug-likeness (QED) is 0.218. The highest BCUT2D eigenvalue weighted by molar-refractivity contribution is 5.68. The van der Waals surface area contributed by atoms with E-state index < -0.39 is 0 Å². The molecule has 0 atom stereocenters. The lowest BCUT2D eigenvalue weighted by Gasteiger charge is -1.98. The van der Waals surface area contributed by atoms with Gasteiger partial charge in [0.15, 0.2) is 0 Å². The minimum atomic E-state index is -0.142. The van der Waals surface area contributed by atoms with Crippen LogP contribution >= 0.6 is 0 Å². The molecule has 0 saturated heterocycles. The second-order valence-corrected chi connectivity index (χ2v) is 2.83. The van der Waals surface area contributed by atoms with Gasteiger partial charge in [-0.1, -0.05) is 12.8 Å². The summed E-state index contributed by atoms with van der Waals surface area (Å²) in [5.74, 6) is -0.142. The second-order valence-electron chi connectivity index (χ2n) is 2.83. The molecule has 0 aliphatic rings. The van der Waals surface area contributed by atoms with Crippen LogP contribution in [0.15, 0.2) is 5.16 Å². The van der Waals surface area contributed by atoms with E-state index >= 15 is 0 Å². The molecular weight excluding hydrogens is 170 g/mol. The Morgan fingerprint density at radius 1 is 1.38 bits per heavy atom. The van der Waals surface area contributed by atoms with E-state index in [0.29, 0.717) is 6.42 Å². The molecule has 4 heteroatoms. The highest BCUT2D eigenvalue weighted by atomic mass is 16.5. The third-order valence-electron chi connectivity index (χ3n) is 1.77. The molecule has 1 N–H and O–H groups in total. The van der Waals surface area contributed by atoms with Gasteiger partial charge < -0.3 is 9.94 Å². The van der Waals surface area contributed by atoms with Crippen LogP contribution in [0.1, 0.15) is 38.5 Å². The molecule has 0 radical (unpaired) electrons. The summed E-state index contributed by atoms with van der Waals surface area (Å²) >= 11 is 0. The summed E-state index contributed by atoms with van der Waals surface area (Å²) in [4.78, 5) is 10.7. The summed E-state index contributed by atoms with van der Waals surface area (Å²) in [6.45, 7) is 0. The smallest absolute Gasteiger partial charge is 0.305 e. The van der Waals surface area contributed by atoms with Crippen molar-refractivity contribution in [2.45, 2.75) is 38.5 Å². The lowest BCUT2D eigenvalue weighted by atomic mass is 10.1. The molecule has 0 spiro atoms. The Morgan fingerprint density at radius 3 is 2.69 bits per heavy atom. The molecule has 0 fully saturated rings. The predicted molar refractivity (Wildman–Crippen MR) is 50.0 cm³/mol. The van der Waals surface area contributed by atoms with E-state index in [1.54, 1.807) is 0 Å². The number of carbonyl (C=O) groups excluding carboxylic acids is 1. The summed E-state index contributed by atoms with van der Waals surface area (Å²) in [5, 5.41) is 11.0. The van der Waals surface area contributed by atoms with E-state index in [1.165, 1.54) is 13.3 Å². The summed E-state index contributed by atoms with van der Waals surface area (Å²) in [7, 11) is 1.40. The number of ether oxygens (including phenoxy) is 1. The van der Waals surface area contributed by atoms with E-state index in [2.05, 4.69) is 9.89 Å². The predicted octanol–water partition coefficient (Wildman–Crippen LogP) is 1.96. The Balaban J connectivity index is 3.03. The zero-order valence-corrected chi connectivity index (χ0v) is 8.03. The highest BCUT2D eigenvalue weighted by Crippen LogP contribution is 2.04. The lowest BCUT2D eigenvalue weighted by Crippen LogP contribution is -1.99. The van der Waals surface area contributed by atoms with Gasteiger partial charge in [0, 0.05) is 12.6 Å². The first-order valence-electron chi connectivity index (χ1n) is 4.54. The molecule has 0 amide bonds. The molecule has 13 heavy (non-hydrogen) atoms. The molecule has 0 aromatic rings. The molecule has 0 aliphatic heterocycles. The number of nitrogens with zero attached hydrogens (tertiary/aromatic N) is 1. The van der Waals surface area contributed by atoms with Gasteiger partial charge >= 0.3 is 5.97 Å². The number of carbonyl (C=O) groups is 1. The topological polar surface area (TPSA) is 58.9 Å². The van der Waals surface area contributed by atoms with Gasteiger partial charge in [-0.2, -0.15) is 0 Å². The molecule has 4 nitrogen and oxygen atoms in total. The van der Waals surface area contributed by atoms with Gasteiger partial charge in [0.2, 0.25) is 0 Å². The minimum Gasteiger partial charge on any atom is -0.469 e. The summed E-state index contributed by atoms with van der Waals surface area (Å²) in [6.07, 6.45) is 6.76. The van der Waals surface area contributed by atoms with Crippen LogP contribution in [0.5, 0.6) is 0 Å². The zero-order valence-electron chi connectivity index (χ0n) is 8.03. The molecule has 0 unspecified atom stereocenters. The monoisotopic (exact) mass is 187 g/mol. The van der Waals surface area contributed by atoms with E-state index in [9.17, 15) is 4.79 Å². The first-order valence-corrected chi connectivity index (χ1v) is 4.54. The molecule has 76 valence electrons. The van der Waals surface area contributed by atoms with E-state index in [1.807, 2.05) is 0 Å². The van der Waals surface area contributed by atoms with Gasteiger partial charge in [-0.3, -0.25) is 4.79 Å². The van der Waals surface area contributed by atoms with Gasteiger partial charge in [0.25, 0.3) is 0 Å². The van der Waals surface area contributed by atoms with Crippen molar-refractivity contribution in [1.82, 2.24) is 0 Å². The van der Waals surface area contributed by atoms with Crippen molar-refractivity contribution in [3.05, 3.63) is 0 Å². The molecule has 0 aliphatic carbocycles. The van der Waals surface area contributed by atoms with E-state index in [4.69, 9.17) is 5.21 Å². The number of hydrogen-bond acceptors (Lipinski definition) is 4. The summed E-state index contributed by atoms with van der Waals surface area (Å²) in [6, 6.07) is 0. The van der Waals surface area contributed by atoms with Crippen molar-refractivity contribution in [3.63, 3.8) is 0 Å². The first kappa shape index (κ1) is 11.9. The number of methoxy groups -OCH3 is 1. The van der Waals surface area contributed by atoms with Crippen molar-refractivity contribution in [2.24, 2.45) is 5.16 Å². The number of hydrogen-bond donors (Lipinski definition) is 1. The second kappa shape index (κ2) is 9.03. The number of rotatable bonds is 7. The van der Waals surface area contributed by atoms with Gasteiger partial charge in [-0.15, -0.1) is 5.16 Å². The minimum absolute atomic E-state index is 0.142. The molecule has 0 rings (SSSR count). The fourth-order valence-corrected chi connectivity index (χ4v) is 1.02. The third kappa shape index (κ3) is 8.85. The van der Waals surface area contributed by atoms with Crippen LogP contribution in [0, 0.1) is 0 Å². The van der Waals surface area contributed by atoms with E-state index in [-0.39, 0.29) is 5.97 Å². The van der Waals surface area contributed by atoms with Crippen molar-refractivity contribution in [3.8, 4) is 0 Å². The highest BCUT2D eigenvalue weighted by Gasteiger charge is 1.98. The number of oxime groups is 1. The summed E-state index contributed by atoms with van der Waals surface area (Å²) in [5.41, 5.74) is 0. The Bertz CT molecular complexity index is 157. The van der Waals surface area contributed by atoms with Crippen LogP contribution in [-0.2, 0) is 9.53 Å². The zero-order chi connectivity index (χ0) is 9.94. The normalized spacial score (nSPS) is 10.5. The van der Waals surface area contributed by atoms with Crippen molar-refractivity contribution < 1.29 is 14.7 Å². The van der Waals surface area contributed by atoms with Crippen molar-refractivity contribution in [1.29, 1.82) is 0 Å². The maximum Gasteiger partial charge on any atom is 0.305 e. The average molecular weight is 187 g/mol. The first-order chi connectivity index (χ1) is 6.31. The molecule has 0 aromatic heterocycles. The molecule has 0 saturated carbocycles. The van der Waals surface area contributed by atoms with Gasteiger partial charge in [0.1, 0.15) is 0 Å². The fraction of sp³-hybridized carbons (Fsp3) is 0.778. The van der Waals surface area contributed by atoms with E-state index in [0.717, 1.165) is 32.1 Å². The Kier molecular flexibility index (Phi) is 8.30. The van der Waals surface area contributed by atoms with Crippen LogP contribution in [0.3, 0.4) is 0 Å². The van der Waals surface area contributed by atoms with Gasteiger partial charge in [0.05, 0.1) is 7.11 Å². The molecular formula is C9H17NO3. The molecule has 0 bridgehead atoms. The number of esters is 1. The van der Waals surface area contributed by atoms with Gasteiger partial charge in [-0.25, -0.2) is 0 Å². The van der Waals surface area contributed by atoms with Crippen molar-refractivity contribution in [2.75, 3.05) is 7.11 Å². The van der Waals surface area contributed by atoms with Gasteiger partial charge in [-0.05, 0) is 19.3 Å². The van der Waals surface area contributed by atoms with Crippen molar-refractivity contribution >= 4 is 12.2 Å². The summed E-state index contributed by atoms with van der Waals surface area (Å²) < 4.78 is 4.50. The third-order valence-corrected chi connectivity index (χ3v) is 1.77. The van der Waals surface area contributed by atoms with Crippen LogP contribution in [-0.4, -0.2) is 24.5 Å².